The Hall–Kier alpha value is -2.40. The minimum Gasteiger partial charge on any atom is -0.492 e. The maximum atomic E-state index is 12.8. The molecule has 0 spiro atoms. The van der Waals surface area contributed by atoms with Crippen LogP contribution in [0.3, 0.4) is 0 Å². The standard InChI is InChI=1S/C18H21FN2O2/c1-20-18(22)15-5-3-14(4-6-15)13-21(2)11-12-23-17-9-7-16(19)8-10-17/h3-10H,11-13H2,1-2H3,(H,20,22). The molecule has 2 rings (SSSR count). The second-order valence-corrected chi connectivity index (χ2v) is 5.32. The molecule has 4 nitrogen and oxygen atoms in total. The fourth-order valence-electron chi connectivity index (χ4n) is 2.15. The van der Waals surface area contributed by atoms with Gasteiger partial charge in [0.25, 0.3) is 5.91 Å². The van der Waals surface area contributed by atoms with E-state index in [1.54, 1.807) is 19.2 Å². The molecule has 0 aliphatic carbocycles. The lowest BCUT2D eigenvalue weighted by atomic mass is 10.1. The molecule has 2 aromatic rings. The van der Waals surface area contributed by atoms with E-state index in [-0.39, 0.29) is 11.7 Å². The van der Waals surface area contributed by atoms with E-state index >= 15 is 0 Å². The van der Waals surface area contributed by atoms with Crippen LogP contribution in [0.15, 0.2) is 48.5 Å². The van der Waals surface area contributed by atoms with Crippen molar-refractivity contribution in [3.05, 3.63) is 65.5 Å². The number of benzene rings is 2. The molecule has 23 heavy (non-hydrogen) atoms. The van der Waals surface area contributed by atoms with Gasteiger partial charge in [-0.1, -0.05) is 12.1 Å². The predicted molar refractivity (Wildman–Crippen MR) is 88.1 cm³/mol. The molecule has 2 aromatic carbocycles. The summed E-state index contributed by atoms with van der Waals surface area (Å²) in [5.74, 6) is 0.307. The molecule has 0 radical (unpaired) electrons. The zero-order valence-corrected chi connectivity index (χ0v) is 13.4. The highest BCUT2D eigenvalue weighted by atomic mass is 19.1. The zero-order valence-electron chi connectivity index (χ0n) is 13.4. The fraction of sp³-hybridized carbons (Fsp3) is 0.278. The molecule has 5 heteroatoms. The van der Waals surface area contributed by atoms with E-state index in [1.165, 1.54) is 12.1 Å². The van der Waals surface area contributed by atoms with Crippen LogP contribution in [0.2, 0.25) is 0 Å². The fourth-order valence-corrected chi connectivity index (χ4v) is 2.15. The van der Waals surface area contributed by atoms with E-state index in [9.17, 15) is 9.18 Å². The van der Waals surface area contributed by atoms with E-state index in [0.717, 1.165) is 18.7 Å². The molecule has 0 aliphatic heterocycles. The minimum atomic E-state index is -0.269. The molecule has 0 fully saturated rings. The Labute approximate surface area is 135 Å². The van der Waals surface area contributed by atoms with Crippen molar-refractivity contribution in [2.75, 3.05) is 27.2 Å². The van der Waals surface area contributed by atoms with Gasteiger partial charge in [0.1, 0.15) is 18.2 Å². The van der Waals surface area contributed by atoms with Crippen LogP contribution in [0.25, 0.3) is 0 Å². The molecule has 122 valence electrons. The Morgan fingerprint density at radius 3 is 2.39 bits per heavy atom. The zero-order chi connectivity index (χ0) is 16.7. The molecular formula is C18H21FN2O2. The Morgan fingerprint density at radius 2 is 1.78 bits per heavy atom. The molecule has 0 unspecified atom stereocenters. The van der Waals surface area contributed by atoms with Crippen LogP contribution in [-0.2, 0) is 6.54 Å². The topological polar surface area (TPSA) is 41.6 Å². The van der Waals surface area contributed by atoms with Gasteiger partial charge in [0.15, 0.2) is 0 Å². The third kappa shape index (κ3) is 5.38. The molecule has 1 N–H and O–H groups in total. The summed E-state index contributed by atoms with van der Waals surface area (Å²) in [4.78, 5) is 13.6. The summed E-state index contributed by atoms with van der Waals surface area (Å²) in [5, 5.41) is 2.60. The molecule has 0 atom stereocenters. The third-order valence-corrected chi connectivity index (χ3v) is 3.45. The van der Waals surface area contributed by atoms with Gasteiger partial charge in [-0.3, -0.25) is 9.69 Å². The Balaban J connectivity index is 1.77. The number of hydrogen-bond acceptors (Lipinski definition) is 3. The normalized spacial score (nSPS) is 10.6. The number of carbonyl (C=O) groups excluding carboxylic acids is 1. The molecule has 0 heterocycles. The summed E-state index contributed by atoms with van der Waals surface area (Å²) in [6.07, 6.45) is 0. The molecule has 0 bridgehead atoms. The van der Waals surface area contributed by atoms with E-state index in [2.05, 4.69) is 10.2 Å². The lowest BCUT2D eigenvalue weighted by molar-refractivity contribution is 0.0963. The van der Waals surface area contributed by atoms with Crippen molar-refractivity contribution in [2.45, 2.75) is 6.54 Å². The SMILES string of the molecule is CNC(=O)c1ccc(CN(C)CCOc2ccc(F)cc2)cc1. The monoisotopic (exact) mass is 316 g/mol. The summed E-state index contributed by atoms with van der Waals surface area (Å²) < 4.78 is 18.4. The number of ether oxygens (including phenoxy) is 1. The Bertz CT molecular complexity index is 626. The maximum Gasteiger partial charge on any atom is 0.251 e. The van der Waals surface area contributed by atoms with Gasteiger partial charge >= 0.3 is 0 Å². The van der Waals surface area contributed by atoms with Crippen molar-refractivity contribution in [1.82, 2.24) is 10.2 Å². The molecule has 1 amide bonds. The predicted octanol–water partition coefficient (Wildman–Crippen LogP) is 2.70. The molecule has 0 saturated heterocycles. The van der Waals surface area contributed by atoms with E-state index in [0.29, 0.717) is 17.9 Å². The van der Waals surface area contributed by atoms with Crippen LogP contribution in [0.5, 0.6) is 5.75 Å². The first-order chi connectivity index (χ1) is 11.1. The first kappa shape index (κ1) is 17.0. The van der Waals surface area contributed by atoms with Crippen LogP contribution >= 0.6 is 0 Å². The number of nitrogens with one attached hydrogen (secondary N) is 1. The smallest absolute Gasteiger partial charge is 0.251 e. The van der Waals surface area contributed by atoms with Crippen molar-refractivity contribution < 1.29 is 13.9 Å². The average molecular weight is 316 g/mol. The number of nitrogens with zero attached hydrogens (tertiary/aromatic N) is 1. The van der Waals surface area contributed by atoms with Gasteiger partial charge in [-0.2, -0.15) is 0 Å². The minimum absolute atomic E-state index is 0.0856. The number of amides is 1. The lowest BCUT2D eigenvalue weighted by Crippen LogP contribution is -2.24. The summed E-state index contributed by atoms with van der Waals surface area (Å²) in [7, 11) is 3.62. The van der Waals surface area contributed by atoms with Crippen molar-refractivity contribution in [3.63, 3.8) is 0 Å². The summed E-state index contributed by atoms with van der Waals surface area (Å²) in [5.41, 5.74) is 1.78. The first-order valence-electron chi connectivity index (χ1n) is 7.46. The van der Waals surface area contributed by atoms with Gasteiger partial charge in [-0.25, -0.2) is 4.39 Å². The second kappa shape index (κ2) is 8.29. The lowest BCUT2D eigenvalue weighted by Gasteiger charge is -2.17. The van der Waals surface area contributed by atoms with Gasteiger partial charge in [-0.05, 0) is 49.0 Å². The van der Waals surface area contributed by atoms with E-state index in [1.807, 2.05) is 31.3 Å². The first-order valence-corrected chi connectivity index (χ1v) is 7.46. The van der Waals surface area contributed by atoms with Gasteiger partial charge < -0.3 is 10.1 Å². The van der Waals surface area contributed by atoms with E-state index in [4.69, 9.17) is 4.74 Å². The van der Waals surface area contributed by atoms with Crippen LogP contribution < -0.4 is 10.1 Å². The van der Waals surface area contributed by atoms with Crippen LogP contribution in [-0.4, -0.2) is 38.1 Å². The third-order valence-electron chi connectivity index (χ3n) is 3.45. The van der Waals surface area contributed by atoms with Gasteiger partial charge in [0.2, 0.25) is 0 Å². The highest BCUT2D eigenvalue weighted by Gasteiger charge is 2.04. The molecule has 0 aromatic heterocycles. The van der Waals surface area contributed by atoms with Crippen molar-refractivity contribution in [1.29, 1.82) is 0 Å². The van der Waals surface area contributed by atoms with Crippen LogP contribution in [0, 0.1) is 5.82 Å². The number of rotatable bonds is 7. The number of halogens is 1. The average Bonchev–Trinajstić information content (AvgIpc) is 2.56. The van der Waals surface area contributed by atoms with Crippen molar-refractivity contribution >= 4 is 5.91 Å². The Morgan fingerprint density at radius 1 is 1.13 bits per heavy atom. The number of likely N-dealkylation sites (N-methyl/N-ethyl adjacent to an activating group) is 1. The highest BCUT2D eigenvalue weighted by molar-refractivity contribution is 5.93. The summed E-state index contributed by atoms with van der Waals surface area (Å²) in [6.45, 7) is 2.04. The molecule has 0 saturated carbocycles. The Kier molecular flexibility index (Phi) is 6.11. The van der Waals surface area contributed by atoms with Crippen LogP contribution in [0.4, 0.5) is 4.39 Å². The molecular weight excluding hydrogens is 295 g/mol. The van der Waals surface area contributed by atoms with Crippen molar-refractivity contribution in [2.24, 2.45) is 0 Å². The number of hydrogen-bond donors (Lipinski definition) is 1. The highest BCUT2D eigenvalue weighted by Crippen LogP contribution is 2.11. The summed E-state index contributed by atoms with van der Waals surface area (Å²) in [6, 6.07) is 13.5. The largest absolute Gasteiger partial charge is 0.492 e. The second-order valence-electron chi connectivity index (χ2n) is 5.32. The summed E-state index contributed by atoms with van der Waals surface area (Å²) >= 11 is 0. The molecule has 0 aliphatic rings. The quantitative estimate of drug-likeness (QED) is 0.854. The number of carbonyl (C=O) groups is 1. The van der Waals surface area contributed by atoms with Gasteiger partial charge in [-0.15, -0.1) is 0 Å². The van der Waals surface area contributed by atoms with Crippen molar-refractivity contribution in [3.8, 4) is 5.75 Å². The van der Waals surface area contributed by atoms with Crippen LogP contribution in [0.1, 0.15) is 15.9 Å². The van der Waals surface area contributed by atoms with Gasteiger partial charge in [0, 0.05) is 25.7 Å². The van der Waals surface area contributed by atoms with E-state index < -0.39 is 0 Å². The maximum absolute atomic E-state index is 12.8. The van der Waals surface area contributed by atoms with Gasteiger partial charge in [0.05, 0.1) is 0 Å².